The molecule has 1 amide bonds. The van der Waals surface area contributed by atoms with Gasteiger partial charge in [-0.15, -0.1) is 0 Å². The van der Waals surface area contributed by atoms with Crippen molar-refractivity contribution in [3.63, 3.8) is 0 Å². The lowest BCUT2D eigenvalue weighted by atomic mass is 9.95. The minimum atomic E-state index is -0.586. The van der Waals surface area contributed by atoms with Gasteiger partial charge in [-0.25, -0.2) is 0 Å². The second kappa shape index (κ2) is 8.66. The van der Waals surface area contributed by atoms with Crippen LogP contribution in [-0.2, 0) is 4.79 Å². The van der Waals surface area contributed by atoms with E-state index in [-0.39, 0.29) is 28.7 Å². The fourth-order valence-corrected chi connectivity index (χ4v) is 1.75. The van der Waals surface area contributed by atoms with Crippen molar-refractivity contribution in [3.8, 4) is 0 Å². The van der Waals surface area contributed by atoms with Crippen molar-refractivity contribution in [2.75, 3.05) is 22.5 Å². The zero-order valence-corrected chi connectivity index (χ0v) is 15.6. The Balaban J connectivity index is 0.000000307. The molecule has 0 bridgehead atoms. The van der Waals surface area contributed by atoms with E-state index in [0.717, 1.165) is 0 Å². The molecule has 0 aliphatic heterocycles. The SMILES string of the molecule is CC(C)(C)C(=O)Nc1cc([N+](=O)[O-])ccc1N.Nc1ccc([N+](=O)[O-])cc1N. The number of nitro benzene ring substituents is 2. The fourth-order valence-electron chi connectivity index (χ4n) is 1.75. The van der Waals surface area contributed by atoms with E-state index in [1.807, 2.05) is 0 Å². The Morgan fingerprint density at radius 2 is 1.32 bits per heavy atom. The second-order valence-corrected chi connectivity index (χ2v) is 6.80. The number of amides is 1. The molecule has 2 aromatic carbocycles. The summed E-state index contributed by atoms with van der Waals surface area (Å²) in [7, 11) is 0. The van der Waals surface area contributed by atoms with Crippen molar-refractivity contribution < 1.29 is 14.6 Å². The number of hydrogen-bond donors (Lipinski definition) is 4. The van der Waals surface area contributed by atoms with E-state index >= 15 is 0 Å². The molecule has 2 rings (SSSR count). The summed E-state index contributed by atoms with van der Waals surface area (Å²) < 4.78 is 0. The quantitative estimate of drug-likeness (QED) is 0.349. The van der Waals surface area contributed by atoms with Gasteiger partial charge >= 0.3 is 0 Å². The summed E-state index contributed by atoms with van der Waals surface area (Å²) in [4.78, 5) is 31.5. The van der Waals surface area contributed by atoms with E-state index in [1.54, 1.807) is 20.8 Å². The first-order chi connectivity index (χ1) is 12.8. The minimum Gasteiger partial charge on any atom is -0.397 e. The summed E-state index contributed by atoms with van der Waals surface area (Å²) in [6, 6.07) is 7.89. The maximum absolute atomic E-state index is 11.7. The molecule has 0 atom stereocenters. The van der Waals surface area contributed by atoms with E-state index in [2.05, 4.69) is 5.32 Å². The first-order valence-electron chi connectivity index (χ1n) is 7.97. The molecule has 11 nitrogen and oxygen atoms in total. The molecule has 150 valence electrons. The van der Waals surface area contributed by atoms with Crippen molar-refractivity contribution in [2.45, 2.75) is 20.8 Å². The fraction of sp³-hybridized carbons (Fsp3) is 0.235. The molecule has 28 heavy (non-hydrogen) atoms. The summed E-state index contributed by atoms with van der Waals surface area (Å²) in [5, 5.41) is 23.3. The van der Waals surface area contributed by atoms with E-state index in [1.165, 1.54) is 36.4 Å². The smallest absolute Gasteiger partial charge is 0.271 e. The Bertz CT molecular complexity index is 907. The number of rotatable bonds is 3. The molecule has 0 spiro atoms. The standard InChI is InChI=1S/C11H15N3O3.C6H7N3O2/c1-11(2,3)10(15)13-9-6-7(14(16)17)4-5-8(9)12;7-5-2-1-4(9(10)11)3-6(5)8/h4-6H,12H2,1-3H3,(H,13,15);1-3H,7-8H2. The van der Waals surface area contributed by atoms with Gasteiger partial charge in [-0.1, -0.05) is 20.8 Å². The van der Waals surface area contributed by atoms with Crippen LogP contribution in [0, 0.1) is 25.6 Å². The first kappa shape index (κ1) is 22.2. The third kappa shape index (κ3) is 6.12. The zero-order valence-electron chi connectivity index (χ0n) is 15.6. The number of non-ortho nitro benzene ring substituents is 2. The lowest BCUT2D eigenvalue weighted by molar-refractivity contribution is -0.385. The molecule has 0 unspecified atom stereocenters. The number of anilines is 4. The van der Waals surface area contributed by atoms with Crippen LogP contribution in [0.15, 0.2) is 36.4 Å². The van der Waals surface area contributed by atoms with Crippen LogP contribution < -0.4 is 22.5 Å². The topological polar surface area (TPSA) is 193 Å². The van der Waals surface area contributed by atoms with Gasteiger partial charge in [0.2, 0.25) is 5.91 Å². The van der Waals surface area contributed by atoms with Crippen LogP contribution in [0.3, 0.4) is 0 Å². The van der Waals surface area contributed by atoms with Gasteiger partial charge in [-0.05, 0) is 12.1 Å². The first-order valence-corrected chi connectivity index (χ1v) is 7.97. The number of carbonyl (C=O) groups is 1. The van der Waals surface area contributed by atoms with Crippen molar-refractivity contribution in [1.29, 1.82) is 0 Å². The summed E-state index contributed by atoms with van der Waals surface area (Å²) in [6.45, 7) is 5.24. The normalized spacial score (nSPS) is 10.4. The third-order valence-corrected chi connectivity index (χ3v) is 3.46. The molecule has 0 saturated heterocycles. The molecule has 0 aromatic heterocycles. The highest BCUT2D eigenvalue weighted by Crippen LogP contribution is 2.26. The number of benzene rings is 2. The molecule has 0 radical (unpaired) electrons. The Hall–Kier alpha value is -3.89. The molecular weight excluding hydrogens is 368 g/mol. The van der Waals surface area contributed by atoms with Crippen LogP contribution in [0.5, 0.6) is 0 Å². The Labute approximate surface area is 160 Å². The highest BCUT2D eigenvalue weighted by molar-refractivity contribution is 5.97. The van der Waals surface area contributed by atoms with Gasteiger partial charge in [0.25, 0.3) is 11.4 Å². The van der Waals surface area contributed by atoms with E-state index in [4.69, 9.17) is 17.2 Å². The van der Waals surface area contributed by atoms with Crippen LogP contribution in [-0.4, -0.2) is 15.8 Å². The van der Waals surface area contributed by atoms with Gasteiger partial charge in [0.05, 0.1) is 32.6 Å². The average molecular weight is 390 g/mol. The van der Waals surface area contributed by atoms with Gasteiger partial charge < -0.3 is 22.5 Å². The molecule has 0 saturated carbocycles. The molecule has 11 heteroatoms. The Kier molecular flexibility index (Phi) is 6.85. The van der Waals surface area contributed by atoms with Gasteiger partial charge in [0.1, 0.15) is 0 Å². The van der Waals surface area contributed by atoms with Crippen molar-refractivity contribution >= 4 is 40.0 Å². The summed E-state index contributed by atoms with van der Waals surface area (Å²) in [6.07, 6.45) is 0. The van der Waals surface area contributed by atoms with Gasteiger partial charge in [0, 0.05) is 29.7 Å². The van der Waals surface area contributed by atoms with E-state index in [9.17, 15) is 25.0 Å². The molecule has 0 aliphatic carbocycles. The van der Waals surface area contributed by atoms with Crippen LogP contribution in [0.4, 0.5) is 34.1 Å². The predicted molar refractivity (Wildman–Crippen MR) is 108 cm³/mol. The number of nitro groups is 2. The Morgan fingerprint density at radius 1 is 0.857 bits per heavy atom. The number of hydrogen-bond acceptors (Lipinski definition) is 8. The van der Waals surface area contributed by atoms with E-state index < -0.39 is 15.3 Å². The van der Waals surface area contributed by atoms with Crippen molar-refractivity contribution in [2.24, 2.45) is 5.41 Å². The van der Waals surface area contributed by atoms with Crippen molar-refractivity contribution in [3.05, 3.63) is 56.6 Å². The summed E-state index contributed by atoms with van der Waals surface area (Å²) in [5.74, 6) is -0.246. The second-order valence-electron chi connectivity index (χ2n) is 6.80. The van der Waals surface area contributed by atoms with Crippen molar-refractivity contribution in [1.82, 2.24) is 0 Å². The largest absolute Gasteiger partial charge is 0.397 e. The number of nitrogens with one attached hydrogen (secondary N) is 1. The maximum atomic E-state index is 11.7. The minimum absolute atomic E-state index is 0.0447. The number of nitrogens with zero attached hydrogens (tertiary/aromatic N) is 2. The van der Waals surface area contributed by atoms with Gasteiger partial charge in [-0.2, -0.15) is 0 Å². The lowest BCUT2D eigenvalue weighted by Crippen LogP contribution is -2.28. The molecule has 2 aromatic rings. The van der Waals surface area contributed by atoms with Crippen LogP contribution in [0.2, 0.25) is 0 Å². The van der Waals surface area contributed by atoms with Crippen LogP contribution in [0.25, 0.3) is 0 Å². The molecule has 0 aliphatic rings. The van der Waals surface area contributed by atoms with Crippen LogP contribution in [0.1, 0.15) is 20.8 Å². The van der Waals surface area contributed by atoms with Gasteiger partial charge in [0.15, 0.2) is 0 Å². The zero-order chi connectivity index (χ0) is 21.6. The summed E-state index contributed by atoms with van der Waals surface area (Å²) >= 11 is 0. The highest BCUT2D eigenvalue weighted by atomic mass is 16.6. The maximum Gasteiger partial charge on any atom is 0.271 e. The van der Waals surface area contributed by atoms with Crippen LogP contribution >= 0.6 is 0 Å². The van der Waals surface area contributed by atoms with Gasteiger partial charge in [-0.3, -0.25) is 25.0 Å². The number of nitrogens with two attached hydrogens (primary N) is 3. The number of nitrogen functional groups attached to an aromatic ring is 3. The Morgan fingerprint density at radius 3 is 1.75 bits per heavy atom. The highest BCUT2D eigenvalue weighted by Gasteiger charge is 2.22. The predicted octanol–water partition coefficient (Wildman–Crippen LogP) is 2.92. The molecule has 7 N–H and O–H groups in total. The molecule has 0 heterocycles. The van der Waals surface area contributed by atoms with E-state index in [0.29, 0.717) is 11.4 Å². The third-order valence-electron chi connectivity index (χ3n) is 3.46. The monoisotopic (exact) mass is 390 g/mol. The molecule has 0 fully saturated rings. The number of carbonyl (C=O) groups excluding carboxylic acids is 1. The summed E-state index contributed by atoms with van der Waals surface area (Å²) in [5.41, 5.74) is 16.7. The lowest BCUT2D eigenvalue weighted by Gasteiger charge is -2.18. The average Bonchev–Trinajstić information content (AvgIpc) is 2.58. The molecular formula is C17H22N6O5.